The lowest BCUT2D eigenvalue weighted by Gasteiger charge is -2.03. The molecule has 0 aliphatic rings. The van der Waals surface area contributed by atoms with E-state index in [1.165, 1.54) is 0 Å². The number of hydrogen-bond acceptors (Lipinski definition) is 3. The molecular weight excluding hydrogens is 192 g/mol. The van der Waals surface area contributed by atoms with Crippen LogP contribution in [0.3, 0.4) is 0 Å². The van der Waals surface area contributed by atoms with Crippen LogP contribution in [0.5, 0.6) is 5.75 Å². The number of carbonyl (C=O) groups excluding carboxylic acids is 2. The lowest BCUT2D eigenvalue weighted by Crippen LogP contribution is -2.09. The molecule has 1 rings (SSSR count). The van der Waals surface area contributed by atoms with Crippen LogP contribution in [0.25, 0.3) is 0 Å². The second-order valence-corrected chi connectivity index (χ2v) is 2.89. The van der Waals surface area contributed by atoms with Gasteiger partial charge in [-0.05, 0) is 30.7 Å². The van der Waals surface area contributed by atoms with E-state index in [1.54, 1.807) is 25.1 Å². The van der Waals surface area contributed by atoms with Gasteiger partial charge in [-0.15, -0.1) is 0 Å². The van der Waals surface area contributed by atoms with Gasteiger partial charge in [0.25, 0.3) is 0 Å². The van der Waals surface area contributed by atoms with Crippen LogP contribution in [0.2, 0.25) is 5.02 Å². The monoisotopic (exact) mass is 198 g/mol. The van der Waals surface area contributed by atoms with Crippen molar-refractivity contribution in [3.05, 3.63) is 28.8 Å². The van der Waals surface area contributed by atoms with Crippen LogP contribution in [-0.4, -0.2) is 12.3 Å². The van der Waals surface area contributed by atoms with E-state index in [4.69, 9.17) is 11.6 Å². The summed E-state index contributed by atoms with van der Waals surface area (Å²) in [6.07, 6.45) is 0.119. The fourth-order valence-corrected chi connectivity index (χ4v) is 1.09. The highest BCUT2D eigenvalue weighted by Crippen LogP contribution is 2.21. The van der Waals surface area contributed by atoms with E-state index in [0.717, 1.165) is 0 Å². The standard InChI is InChI=1S/C9H7ClO3/c1-6-4-7(10)2-3-8(6)13-9(12)5-11/h2-5H,1H3. The SMILES string of the molecule is Cc1cc(Cl)ccc1OC(=O)C=O. The molecule has 0 saturated carbocycles. The molecule has 0 aromatic heterocycles. The smallest absolute Gasteiger partial charge is 0.376 e. The maximum absolute atomic E-state index is 10.6. The maximum Gasteiger partial charge on any atom is 0.376 e. The number of benzene rings is 1. The van der Waals surface area contributed by atoms with Gasteiger partial charge in [0, 0.05) is 5.02 Å². The molecule has 0 heterocycles. The first-order chi connectivity index (χ1) is 6.13. The summed E-state index contributed by atoms with van der Waals surface area (Å²) >= 11 is 5.68. The number of ether oxygens (including phenoxy) is 1. The van der Waals surface area contributed by atoms with Crippen LogP contribution in [0.15, 0.2) is 18.2 Å². The molecule has 68 valence electrons. The van der Waals surface area contributed by atoms with Crippen molar-refractivity contribution in [2.24, 2.45) is 0 Å². The molecule has 13 heavy (non-hydrogen) atoms. The Labute approximate surface area is 80.3 Å². The second kappa shape index (κ2) is 4.05. The Hall–Kier alpha value is -1.35. The molecule has 1 aromatic carbocycles. The van der Waals surface area contributed by atoms with Crippen molar-refractivity contribution in [2.45, 2.75) is 6.92 Å². The van der Waals surface area contributed by atoms with Crippen molar-refractivity contribution < 1.29 is 14.3 Å². The quantitative estimate of drug-likeness (QED) is 0.315. The molecule has 0 N–H and O–H groups in total. The fourth-order valence-electron chi connectivity index (χ4n) is 0.860. The Bertz CT molecular complexity index is 347. The summed E-state index contributed by atoms with van der Waals surface area (Å²) in [4.78, 5) is 20.6. The summed E-state index contributed by atoms with van der Waals surface area (Å²) < 4.78 is 4.68. The van der Waals surface area contributed by atoms with Gasteiger partial charge >= 0.3 is 5.97 Å². The van der Waals surface area contributed by atoms with Crippen molar-refractivity contribution in [1.29, 1.82) is 0 Å². The van der Waals surface area contributed by atoms with Gasteiger partial charge in [-0.25, -0.2) is 4.79 Å². The van der Waals surface area contributed by atoms with Crippen molar-refractivity contribution in [3.63, 3.8) is 0 Å². The molecule has 0 amide bonds. The Kier molecular flexibility index (Phi) is 3.03. The predicted molar refractivity (Wildman–Crippen MR) is 47.9 cm³/mol. The lowest BCUT2D eigenvalue weighted by atomic mass is 10.2. The average molecular weight is 199 g/mol. The number of aldehydes is 1. The van der Waals surface area contributed by atoms with Gasteiger partial charge in [0.1, 0.15) is 5.75 Å². The molecule has 1 aromatic rings. The van der Waals surface area contributed by atoms with Crippen LogP contribution in [0.4, 0.5) is 0 Å². The summed E-state index contributed by atoms with van der Waals surface area (Å²) in [6.45, 7) is 1.74. The summed E-state index contributed by atoms with van der Waals surface area (Å²) in [6, 6.07) is 4.77. The van der Waals surface area contributed by atoms with Crippen LogP contribution in [0.1, 0.15) is 5.56 Å². The van der Waals surface area contributed by atoms with Crippen molar-refractivity contribution in [2.75, 3.05) is 0 Å². The highest BCUT2D eigenvalue weighted by Gasteiger charge is 2.05. The van der Waals surface area contributed by atoms with E-state index >= 15 is 0 Å². The van der Waals surface area contributed by atoms with Gasteiger partial charge < -0.3 is 4.74 Å². The first kappa shape index (κ1) is 9.74. The van der Waals surface area contributed by atoms with E-state index in [9.17, 15) is 9.59 Å². The molecule has 0 unspecified atom stereocenters. The summed E-state index contributed by atoms with van der Waals surface area (Å²) in [5.41, 5.74) is 0.711. The minimum atomic E-state index is -0.912. The zero-order valence-corrected chi connectivity index (χ0v) is 7.67. The third-order valence-electron chi connectivity index (χ3n) is 1.44. The normalized spacial score (nSPS) is 9.38. The van der Waals surface area contributed by atoms with Crippen LogP contribution >= 0.6 is 11.6 Å². The predicted octanol–water partition coefficient (Wildman–Crippen LogP) is 1.75. The largest absolute Gasteiger partial charge is 0.421 e. The number of esters is 1. The minimum absolute atomic E-state index is 0.119. The molecule has 0 aliphatic carbocycles. The van der Waals surface area contributed by atoms with Crippen LogP contribution < -0.4 is 4.74 Å². The average Bonchev–Trinajstić information content (AvgIpc) is 2.09. The molecule has 0 aliphatic heterocycles. The Morgan fingerprint density at radius 2 is 2.23 bits per heavy atom. The fraction of sp³-hybridized carbons (Fsp3) is 0.111. The molecule has 0 atom stereocenters. The molecule has 0 bridgehead atoms. The number of hydrogen-bond donors (Lipinski definition) is 0. The molecule has 4 heteroatoms. The Morgan fingerprint density at radius 1 is 1.54 bits per heavy atom. The first-order valence-electron chi connectivity index (χ1n) is 3.56. The minimum Gasteiger partial charge on any atom is -0.421 e. The molecule has 3 nitrogen and oxygen atoms in total. The van der Waals surface area contributed by atoms with Gasteiger partial charge in [-0.3, -0.25) is 4.79 Å². The molecule has 0 fully saturated rings. The summed E-state index contributed by atoms with van der Waals surface area (Å²) in [7, 11) is 0. The number of rotatable bonds is 2. The zero-order chi connectivity index (χ0) is 9.84. The van der Waals surface area contributed by atoms with Gasteiger partial charge in [0.15, 0.2) is 0 Å². The van der Waals surface area contributed by atoms with E-state index < -0.39 is 5.97 Å². The highest BCUT2D eigenvalue weighted by atomic mass is 35.5. The molecule has 0 radical (unpaired) electrons. The summed E-state index contributed by atoms with van der Waals surface area (Å²) in [5, 5.41) is 0.559. The second-order valence-electron chi connectivity index (χ2n) is 2.45. The van der Waals surface area contributed by atoms with E-state index in [2.05, 4.69) is 4.74 Å². The molecule has 0 spiro atoms. The third-order valence-corrected chi connectivity index (χ3v) is 1.68. The van der Waals surface area contributed by atoms with Crippen molar-refractivity contribution in [3.8, 4) is 5.75 Å². The van der Waals surface area contributed by atoms with E-state index in [-0.39, 0.29) is 6.29 Å². The molecular formula is C9H7ClO3. The topological polar surface area (TPSA) is 43.4 Å². The van der Waals surface area contributed by atoms with E-state index in [0.29, 0.717) is 16.3 Å². The number of halogens is 1. The number of carbonyl (C=O) groups is 2. The highest BCUT2D eigenvalue weighted by molar-refractivity contribution is 6.30. The lowest BCUT2D eigenvalue weighted by molar-refractivity contribution is -0.141. The van der Waals surface area contributed by atoms with Crippen LogP contribution in [0, 0.1) is 6.92 Å². The zero-order valence-electron chi connectivity index (χ0n) is 6.91. The van der Waals surface area contributed by atoms with Crippen molar-refractivity contribution >= 4 is 23.9 Å². The van der Waals surface area contributed by atoms with Crippen molar-refractivity contribution in [1.82, 2.24) is 0 Å². The van der Waals surface area contributed by atoms with Gasteiger partial charge in [0.2, 0.25) is 6.29 Å². The van der Waals surface area contributed by atoms with Gasteiger partial charge in [-0.1, -0.05) is 11.6 Å². The maximum atomic E-state index is 10.6. The summed E-state index contributed by atoms with van der Waals surface area (Å²) in [5.74, 6) is -0.563. The first-order valence-corrected chi connectivity index (χ1v) is 3.94. The van der Waals surface area contributed by atoms with E-state index in [1.807, 2.05) is 0 Å². The van der Waals surface area contributed by atoms with Gasteiger partial charge in [-0.2, -0.15) is 0 Å². The van der Waals surface area contributed by atoms with Crippen LogP contribution in [-0.2, 0) is 9.59 Å². The molecule has 0 saturated heterocycles. The third kappa shape index (κ3) is 2.56. The van der Waals surface area contributed by atoms with Gasteiger partial charge in [0.05, 0.1) is 0 Å². The number of aryl methyl sites for hydroxylation is 1. The Balaban J connectivity index is 2.89. The Morgan fingerprint density at radius 3 is 2.77 bits per heavy atom.